The maximum absolute atomic E-state index is 12.8. The molecule has 3 rings (SSSR count). The zero-order valence-electron chi connectivity index (χ0n) is 16.1. The Morgan fingerprint density at radius 2 is 2.00 bits per heavy atom. The van der Waals surface area contributed by atoms with Crippen LogP contribution in [0.15, 0.2) is 39.5 Å². The fraction of sp³-hybridized carbons (Fsp3) is 0.476. The van der Waals surface area contributed by atoms with E-state index in [-0.39, 0.29) is 28.9 Å². The van der Waals surface area contributed by atoms with Crippen molar-refractivity contribution < 1.29 is 14.0 Å². The number of benzene rings is 1. The van der Waals surface area contributed by atoms with Crippen LogP contribution in [0.25, 0.3) is 11.0 Å². The summed E-state index contributed by atoms with van der Waals surface area (Å²) >= 11 is 0. The van der Waals surface area contributed by atoms with E-state index in [9.17, 15) is 14.4 Å². The summed E-state index contributed by atoms with van der Waals surface area (Å²) in [6, 6.07) is 8.19. The largest absolute Gasteiger partial charge is 0.451 e. The van der Waals surface area contributed by atoms with Gasteiger partial charge in [0.25, 0.3) is 5.91 Å². The van der Waals surface area contributed by atoms with E-state index in [4.69, 9.17) is 4.42 Å². The number of fused-ring (bicyclic) bond motifs is 1. The Bertz CT molecular complexity index is 910. The first-order valence-electron chi connectivity index (χ1n) is 9.36. The molecule has 2 aromatic rings. The lowest BCUT2D eigenvalue weighted by atomic mass is 9.94. The first kappa shape index (κ1) is 19.1. The van der Waals surface area contributed by atoms with Crippen LogP contribution in [0.5, 0.6) is 0 Å². The lowest BCUT2D eigenvalue weighted by molar-refractivity contribution is -0.128. The molecule has 1 fully saturated rings. The molecule has 0 aliphatic carbocycles. The number of hydrogen-bond acceptors (Lipinski definition) is 4. The number of carbonyl (C=O) groups excluding carboxylic acids is 2. The molecule has 6 heteroatoms. The van der Waals surface area contributed by atoms with Gasteiger partial charge in [-0.3, -0.25) is 14.4 Å². The second kappa shape index (κ2) is 7.55. The third-order valence-corrected chi connectivity index (χ3v) is 4.88. The van der Waals surface area contributed by atoms with E-state index in [2.05, 4.69) is 5.32 Å². The average molecular weight is 370 g/mol. The molecule has 2 heterocycles. The van der Waals surface area contributed by atoms with Crippen LogP contribution in [0.1, 0.15) is 44.2 Å². The third-order valence-electron chi connectivity index (χ3n) is 4.88. The van der Waals surface area contributed by atoms with E-state index in [0.717, 1.165) is 12.8 Å². The van der Waals surface area contributed by atoms with Gasteiger partial charge in [0.15, 0.2) is 11.2 Å². The lowest BCUT2D eigenvalue weighted by Gasteiger charge is -2.33. The molecule has 0 spiro atoms. The highest BCUT2D eigenvalue weighted by Crippen LogP contribution is 2.20. The Morgan fingerprint density at radius 3 is 2.74 bits per heavy atom. The second-order valence-electron chi connectivity index (χ2n) is 8.19. The molecule has 6 nitrogen and oxygen atoms in total. The van der Waals surface area contributed by atoms with Crippen LogP contribution < -0.4 is 10.7 Å². The molecule has 0 bridgehead atoms. The highest BCUT2D eigenvalue weighted by atomic mass is 16.3. The summed E-state index contributed by atoms with van der Waals surface area (Å²) in [6.07, 6.45) is 1.81. The fourth-order valence-corrected chi connectivity index (χ4v) is 3.28. The number of rotatable bonds is 3. The molecular formula is C21H26N2O4. The SMILES string of the molecule is CC(C)(C)C(=O)NC[C@H]1CCCN(C(=O)c2cc(=O)c3ccccc3o2)C1. The van der Waals surface area contributed by atoms with Crippen molar-refractivity contribution >= 4 is 22.8 Å². The molecule has 0 saturated carbocycles. The zero-order valence-corrected chi connectivity index (χ0v) is 16.1. The van der Waals surface area contributed by atoms with E-state index < -0.39 is 5.41 Å². The van der Waals surface area contributed by atoms with Crippen LogP contribution in [0.4, 0.5) is 0 Å². The van der Waals surface area contributed by atoms with Crippen molar-refractivity contribution in [1.82, 2.24) is 10.2 Å². The molecular weight excluding hydrogens is 344 g/mol. The first-order chi connectivity index (χ1) is 12.8. The van der Waals surface area contributed by atoms with E-state index in [1.165, 1.54) is 6.07 Å². The van der Waals surface area contributed by atoms with E-state index >= 15 is 0 Å². The predicted molar refractivity (Wildman–Crippen MR) is 104 cm³/mol. The Kier molecular flexibility index (Phi) is 5.35. The quantitative estimate of drug-likeness (QED) is 0.901. The van der Waals surface area contributed by atoms with E-state index in [0.29, 0.717) is 30.6 Å². The van der Waals surface area contributed by atoms with Crippen molar-refractivity contribution in [3.8, 4) is 0 Å². The van der Waals surface area contributed by atoms with Gasteiger partial charge in [0.1, 0.15) is 5.58 Å². The molecule has 0 unspecified atom stereocenters. The number of hydrogen-bond donors (Lipinski definition) is 1. The highest BCUT2D eigenvalue weighted by molar-refractivity contribution is 5.93. The molecule has 27 heavy (non-hydrogen) atoms. The molecule has 1 saturated heterocycles. The smallest absolute Gasteiger partial charge is 0.289 e. The summed E-state index contributed by atoms with van der Waals surface area (Å²) < 4.78 is 5.67. The average Bonchev–Trinajstić information content (AvgIpc) is 2.65. The van der Waals surface area contributed by atoms with Crippen molar-refractivity contribution in [2.75, 3.05) is 19.6 Å². The number of amides is 2. The van der Waals surface area contributed by atoms with Crippen LogP contribution in [0.3, 0.4) is 0 Å². The van der Waals surface area contributed by atoms with Gasteiger partial charge in [-0.15, -0.1) is 0 Å². The van der Waals surface area contributed by atoms with Gasteiger partial charge in [0.05, 0.1) is 5.39 Å². The van der Waals surface area contributed by atoms with Crippen molar-refractivity contribution in [3.63, 3.8) is 0 Å². The second-order valence-corrected chi connectivity index (χ2v) is 8.19. The molecule has 0 radical (unpaired) electrons. The summed E-state index contributed by atoms with van der Waals surface area (Å²) in [4.78, 5) is 38.9. The van der Waals surface area contributed by atoms with E-state index in [1.807, 2.05) is 20.8 Å². The maximum atomic E-state index is 12.8. The molecule has 1 N–H and O–H groups in total. The van der Waals surface area contributed by atoms with Gasteiger partial charge < -0.3 is 14.6 Å². The molecule has 1 aliphatic heterocycles. The maximum Gasteiger partial charge on any atom is 0.289 e. The number of nitrogens with one attached hydrogen (secondary N) is 1. The van der Waals surface area contributed by atoms with Crippen molar-refractivity contribution in [1.29, 1.82) is 0 Å². The fourth-order valence-electron chi connectivity index (χ4n) is 3.28. The van der Waals surface area contributed by atoms with Gasteiger partial charge in [0.2, 0.25) is 5.91 Å². The summed E-state index contributed by atoms with van der Waals surface area (Å²) in [6.45, 7) is 7.34. The third kappa shape index (κ3) is 4.38. The van der Waals surface area contributed by atoms with Crippen molar-refractivity contribution in [2.45, 2.75) is 33.6 Å². The number of likely N-dealkylation sites (tertiary alicyclic amines) is 1. The summed E-state index contributed by atoms with van der Waals surface area (Å²) in [5, 5.41) is 3.44. The Labute approximate surface area is 158 Å². The van der Waals surface area contributed by atoms with Crippen LogP contribution >= 0.6 is 0 Å². The summed E-state index contributed by atoms with van der Waals surface area (Å²) in [5.74, 6) is -0.00423. The van der Waals surface area contributed by atoms with Gasteiger partial charge in [-0.05, 0) is 30.9 Å². The molecule has 1 aromatic heterocycles. The van der Waals surface area contributed by atoms with Gasteiger partial charge in [-0.1, -0.05) is 32.9 Å². The minimum Gasteiger partial charge on any atom is -0.451 e. The van der Waals surface area contributed by atoms with Gasteiger partial charge in [-0.2, -0.15) is 0 Å². The topological polar surface area (TPSA) is 79.6 Å². The number of para-hydroxylation sites is 1. The molecule has 1 aliphatic rings. The normalized spacial score (nSPS) is 17.7. The minimum absolute atomic E-state index is 0.00600. The van der Waals surface area contributed by atoms with Crippen molar-refractivity contribution in [3.05, 3.63) is 46.3 Å². The Hall–Kier alpha value is -2.63. The predicted octanol–water partition coefficient (Wildman–Crippen LogP) is 2.81. The first-order valence-corrected chi connectivity index (χ1v) is 9.36. The van der Waals surface area contributed by atoms with Crippen LogP contribution in [-0.2, 0) is 4.79 Å². The van der Waals surface area contributed by atoms with Crippen LogP contribution in [-0.4, -0.2) is 36.3 Å². The molecule has 1 aromatic carbocycles. The molecule has 2 amide bonds. The highest BCUT2D eigenvalue weighted by Gasteiger charge is 2.28. The standard InChI is InChI=1S/C21H26N2O4/c1-21(2,3)20(26)22-12-14-7-6-10-23(13-14)19(25)18-11-16(24)15-8-4-5-9-17(15)27-18/h4-5,8-9,11,14H,6-7,10,12-13H2,1-3H3,(H,22,26)/t14-/m1/s1. The number of nitrogens with zero attached hydrogens (tertiary/aromatic N) is 1. The van der Waals surface area contributed by atoms with Gasteiger partial charge in [-0.25, -0.2) is 0 Å². The van der Waals surface area contributed by atoms with Crippen LogP contribution in [0.2, 0.25) is 0 Å². The molecule has 144 valence electrons. The number of piperidine rings is 1. The molecule has 1 atom stereocenters. The Morgan fingerprint density at radius 1 is 1.26 bits per heavy atom. The minimum atomic E-state index is -0.432. The van der Waals surface area contributed by atoms with E-state index in [1.54, 1.807) is 29.2 Å². The van der Waals surface area contributed by atoms with Crippen LogP contribution in [0, 0.1) is 11.3 Å². The van der Waals surface area contributed by atoms with Gasteiger partial charge >= 0.3 is 0 Å². The van der Waals surface area contributed by atoms with Crippen molar-refractivity contribution in [2.24, 2.45) is 11.3 Å². The summed E-state index contributed by atoms with van der Waals surface area (Å²) in [5.41, 5.74) is -0.232. The summed E-state index contributed by atoms with van der Waals surface area (Å²) in [7, 11) is 0. The van der Waals surface area contributed by atoms with Gasteiger partial charge in [0, 0.05) is 31.1 Å². The monoisotopic (exact) mass is 370 g/mol. The lowest BCUT2D eigenvalue weighted by Crippen LogP contribution is -2.45. The Balaban J connectivity index is 1.70. The zero-order chi connectivity index (χ0) is 19.6. The number of carbonyl (C=O) groups is 2.